The highest BCUT2D eigenvalue weighted by molar-refractivity contribution is 5.97. The Morgan fingerprint density at radius 1 is 1.28 bits per heavy atom. The number of ether oxygens (including phenoxy) is 1. The van der Waals surface area contributed by atoms with E-state index < -0.39 is 0 Å². The van der Waals surface area contributed by atoms with Crippen molar-refractivity contribution in [3.05, 3.63) is 23.4 Å². The molecule has 1 N–H and O–H groups in total. The van der Waals surface area contributed by atoms with E-state index in [1.165, 1.54) is 19.3 Å². The fraction of sp³-hybridized carbons (Fsp3) is 0.679. The van der Waals surface area contributed by atoms with Gasteiger partial charge in [-0.3, -0.25) is 9.59 Å². The number of likely N-dealkylation sites (N-methyl/N-ethyl adjacent to an activating group) is 1. The number of nitrogens with zero attached hydrogens (tertiary/aromatic N) is 4. The van der Waals surface area contributed by atoms with Crippen LogP contribution in [0.2, 0.25) is 0 Å². The molecule has 2 aliphatic heterocycles. The Balaban J connectivity index is 1.79. The molecule has 0 bridgehead atoms. The van der Waals surface area contributed by atoms with Gasteiger partial charge >= 0.3 is 0 Å². The van der Waals surface area contributed by atoms with Gasteiger partial charge in [0.25, 0.3) is 5.91 Å². The molecule has 8 heteroatoms. The molecule has 1 aromatic rings. The van der Waals surface area contributed by atoms with E-state index in [1.54, 1.807) is 22.1 Å². The molecule has 3 heterocycles. The lowest BCUT2D eigenvalue weighted by molar-refractivity contribution is -0.131. The molecule has 0 aromatic carbocycles. The van der Waals surface area contributed by atoms with Crippen molar-refractivity contribution in [3.63, 3.8) is 0 Å². The van der Waals surface area contributed by atoms with Crippen molar-refractivity contribution in [1.29, 1.82) is 0 Å². The van der Waals surface area contributed by atoms with Crippen LogP contribution in [0.3, 0.4) is 0 Å². The van der Waals surface area contributed by atoms with Gasteiger partial charge in [-0.1, -0.05) is 39.0 Å². The van der Waals surface area contributed by atoms with Crippen molar-refractivity contribution in [2.45, 2.75) is 65.5 Å². The summed E-state index contributed by atoms with van der Waals surface area (Å²) in [6.07, 6.45) is 5.44. The van der Waals surface area contributed by atoms with Crippen molar-refractivity contribution < 1.29 is 19.4 Å². The third-order valence-electron chi connectivity index (χ3n) is 7.00. The molecule has 8 nitrogen and oxygen atoms in total. The number of amides is 2. The highest BCUT2D eigenvalue weighted by atomic mass is 16.5. The van der Waals surface area contributed by atoms with Crippen LogP contribution in [0, 0.1) is 23.7 Å². The predicted molar refractivity (Wildman–Crippen MR) is 140 cm³/mol. The molecule has 2 amide bonds. The highest BCUT2D eigenvalue weighted by Crippen LogP contribution is 2.27. The number of pyridine rings is 1. The predicted octanol–water partition coefficient (Wildman–Crippen LogP) is 2.64. The largest absolute Gasteiger partial charge is 0.472 e. The zero-order valence-electron chi connectivity index (χ0n) is 22.5. The normalized spacial score (nSPS) is 21.5. The maximum absolute atomic E-state index is 13.5. The summed E-state index contributed by atoms with van der Waals surface area (Å²) < 4.78 is 6.30. The molecule has 3 atom stereocenters. The summed E-state index contributed by atoms with van der Waals surface area (Å²) in [5.41, 5.74) is 0.980. The Morgan fingerprint density at radius 2 is 2.00 bits per heavy atom. The Hall–Kier alpha value is -2.63. The number of hydrogen-bond donors (Lipinski definition) is 1. The van der Waals surface area contributed by atoms with Crippen LogP contribution in [0.4, 0.5) is 0 Å². The lowest BCUT2D eigenvalue weighted by atomic mass is 9.99. The first-order valence-electron chi connectivity index (χ1n) is 13.3. The van der Waals surface area contributed by atoms with Crippen molar-refractivity contribution in [2.24, 2.45) is 11.8 Å². The van der Waals surface area contributed by atoms with Gasteiger partial charge in [0.2, 0.25) is 11.8 Å². The van der Waals surface area contributed by atoms with E-state index in [-0.39, 0.29) is 48.3 Å². The van der Waals surface area contributed by atoms with Gasteiger partial charge in [0.05, 0.1) is 19.2 Å². The fourth-order valence-corrected chi connectivity index (χ4v) is 4.62. The van der Waals surface area contributed by atoms with Crippen molar-refractivity contribution in [1.82, 2.24) is 19.7 Å². The molecule has 1 saturated heterocycles. The minimum atomic E-state index is -0.360. The number of carbonyl (C=O) groups excluding carboxylic acids is 2. The van der Waals surface area contributed by atoms with Gasteiger partial charge in [0, 0.05) is 50.2 Å². The Morgan fingerprint density at radius 3 is 2.67 bits per heavy atom. The number of hydrogen-bond acceptors (Lipinski definition) is 6. The molecule has 0 aliphatic carbocycles. The molecule has 36 heavy (non-hydrogen) atoms. The minimum absolute atomic E-state index is 0.0735. The summed E-state index contributed by atoms with van der Waals surface area (Å²) >= 11 is 0. The van der Waals surface area contributed by atoms with E-state index in [2.05, 4.69) is 21.7 Å². The number of aromatic nitrogens is 1. The van der Waals surface area contributed by atoms with Gasteiger partial charge in [-0.15, -0.1) is 0 Å². The zero-order valence-corrected chi connectivity index (χ0v) is 22.5. The summed E-state index contributed by atoms with van der Waals surface area (Å²) in [4.78, 5) is 36.6. The number of piperidine rings is 1. The quantitative estimate of drug-likeness (QED) is 0.582. The first kappa shape index (κ1) is 27.9. The summed E-state index contributed by atoms with van der Waals surface area (Å²) in [6.45, 7) is 11.4. The lowest BCUT2D eigenvalue weighted by Gasteiger charge is -2.37. The smallest absolute Gasteiger partial charge is 0.259 e. The van der Waals surface area contributed by atoms with E-state index in [4.69, 9.17) is 4.74 Å². The van der Waals surface area contributed by atoms with Gasteiger partial charge in [0.15, 0.2) is 0 Å². The number of aliphatic hydroxyl groups is 1. The monoisotopic (exact) mass is 498 g/mol. The van der Waals surface area contributed by atoms with Gasteiger partial charge in [-0.05, 0) is 38.9 Å². The van der Waals surface area contributed by atoms with E-state index in [9.17, 15) is 14.7 Å². The van der Waals surface area contributed by atoms with Crippen LogP contribution in [0.1, 0.15) is 69.3 Å². The second kappa shape index (κ2) is 13.1. The third-order valence-corrected chi connectivity index (χ3v) is 7.00. The fourth-order valence-electron chi connectivity index (χ4n) is 4.62. The Bertz CT molecular complexity index is 964. The van der Waals surface area contributed by atoms with E-state index in [1.807, 2.05) is 34.7 Å². The molecule has 198 valence electrons. The Kier molecular flexibility index (Phi) is 10.1. The van der Waals surface area contributed by atoms with Crippen LogP contribution in [0.15, 0.2) is 12.3 Å². The van der Waals surface area contributed by atoms with Crippen LogP contribution in [-0.2, 0) is 4.79 Å². The Labute approximate surface area is 216 Å². The van der Waals surface area contributed by atoms with Gasteiger partial charge < -0.3 is 24.5 Å². The number of carbonyl (C=O) groups is 2. The van der Waals surface area contributed by atoms with Crippen LogP contribution in [0.5, 0.6) is 5.88 Å². The average Bonchev–Trinajstić information content (AvgIpc) is 2.88. The van der Waals surface area contributed by atoms with Crippen molar-refractivity contribution in [3.8, 4) is 17.7 Å². The molecule has 0 spiro atoms. The molecule has 0 radical (unpaired) electrons. The molecule has 0 saturated carbocycles. The van der Waals surface area contributed by atoms with Crippen LogP contribution < -0.4 is 4.74 Å². The lowest BCUT2D eigenvalue weighted by Crippen LogP contribution is -2.50. The summed E-state index contributed by atoms with van der Waals surface area (Å²) in [5.74, 6) is 6.39. The van der Waals surface area contributed by atoms with Crippen LogP contribution in [0.25, 0.3) is 0 Å². The summed E-state index contributed by atoms with van der Waals surface area (Å²) in [7, 11) is 1.81. The molecule has 3 rings (SSSR count). The molecular formula is C28H42N4O4. The average molecular weight is 499 g/mol. The second-order valence-electron chi connectivity index (χ2n) is 10.6. The first-order valence-corrected chi connectivity index (χ1v) is 13.3. The number of aliphatic hydroxyl groups excluding tert-OH is 1. The van der Waals surface area contributed by atoms with E-state index in [0.717, 1.165) is 19.6 Å². The highest BCUT2D eigenvalue weighted by Gasteiger charge is 2.34. The zero-order chi connectivity index (χ0) is 26.2. The van der Waals surface area contributed by atoms with Gasteiger partial charge in [-0.2, -0.15) is 0 Å². The van der Waals surface area contributed by atoms with E-state index >= 15 is 0 Å². The third kappa shape index (κ3) is 7.44. The van der Waals surface area contributed by atoms with Crippen LogP contribution >= 0.6 is 0 Å². The van der Waals surface area contributed by atoms with Gasteiger partial charge in [0.1, 0.15) is 11.7 Å². The molecule has 1 aromatic heterocycles. The summed E-state index contributed by atoms with van der Waals surface area (Å²) in [6, 6.07) is 1.36. The van der Waals surface area contributed by atoms with Crippen molar-refractivity contribution in [2.75, 3.05) is 46.4 Å². The maximum Gasteiger partial charge on any atom is 0.259 e. The number of fused-ring (bicyclic) bond motifs is 1. The molecular weight excluding hydrogens is 456 g/mol. The topological polar surface area (TPSA) is 86.2 Å². The number of rotatable bonds is 7. The number of likely N-dealkylation sites (tertiary alicyclic amines) is 1. The SMILES string of the molecule is CC(C)C#Cc1cnc2c(c1)C(=O)N([C@H](C)CO)C[C@H](C)[C@H](CN(C)C(=O)CCN1CCCCC1)O2. The van der Waals surface area contributed by atoms with E-state index in [0.29, 0.717) is 30.6 Å². The maximum atomic E-state index is 13.5. The molecule has 2 aliphatic rings. The van der Waals surface area contributed by atoms with Gasteiger partial charge in [-0.25, -0.2) is 4.98 Å². The second-order valence-corrected chi connectivity index (χ2v) is 10.6. The molecule has 0 unspecified atom stereocenters. The van der Waals surface area contributed by atoms with Crippen LogP contribution in [-0.4, -0.2) is 95.1 Å². The standard InChI is InChI=1S/C28H42N4O4/c1-20(2)9-10-23-15-24-27(29-16-23)36-25(21(3)17-32(28(24)35)22(4)19-33)18-30(5)26(34)11-14-31-12-7-6-8-13-31/h15-16,20-22,25,33H,6-8,11-14,17-19H2,1-5H3/t21-,22+,25-/m0/s1. The first-order chi connectivity index (χ1) is 17.2. The van der Waals surface area contributed by atoms with Crippen molar-refractivity contribution >= 4 is 11.8 Å². The molecule has 1 fully saturated rings. The minimum Gasteiger partial charge on any atom is -0.472 e. The summed E-state index contributed by atoms with van der Waals surface area (Å²) in [5, 5.41) is 9.83.